The first kappa shape index (κ1) is 9.05. The summed E-state index contributed by atoms with van der Waals surface area (Å²) in [5.74, 6) is 0. The number of allylic oxidation sites excluding steroid dienone is 2. The Bertz CT molecular complexity index is 258. The van der Waals surface area contributed by atoms with Gasteiger partial charge in [0.1, 0.15) is 0 Å². The average Bonchev–Trinajstić information content (AvgIpc) is 2.09. The van der Waals surface area contributed by atoms with Crippen LogP contribution in [0.25, 0.3) is 0 Å². The molecule has 0 heteroatoms. The van der Waals surface area contributed by atoms with Gasteiger partial charge in [-0.25, -0.2) is 0 Å². The average molecular weight is 160 g/mol. The minimum Gasteiger partial charge on any atom is -0.0885 e. The summed E-state index contributed by atoms with van der Waals surface area (Å²) in [5, 5.41) is 0. The van der Waals surface area contributed by atoms with Gasteiger partial charge in [0.05, 0.1) is 0 Å². The van der Waals surface area contributed by atoms with Crippen molar-refractivity contribution in [2.45, 2.75) is 26.7 Å². The van der Waals surface area contributed by atoms with Crippen LogP contribution in [0.5, 0.6) is 0 Å². The predicted molar refractivity (Wildman–Crippen MR) is 54.3 cm³/mol. The molecule has 64 valence electrons. The number of aryl methyl sites for hydroxylation is 1. The summed E-state index contributed by atoms with van der Waals surface area (Å²) in [4.78, 5) is 0. The fourth-order valence-corrected chi connectivity index (χ4v) is 1.22. The standard InChI is InChI=1S/C12H16/c1-3-4-5-9-12-10-7-6-8-11(12)2/h4-8,10H,3,9H2,1-2H3. The fraction of sp³-hybridized carbons (Fsp3) is 0.333. The van der Waals surface area contributed by atoms with Crippen molar-refractivity contribution in [3.05, 3.63) is 47.5 Å². The lowest BCUT2D eigenvalue weighted by atomic mass is 10.1. The minimum atomic E-state index is 1.07. The molecule has 0 radical (unpaired) electrons. The molecular weight excluding hydrogens is 144 g/mol. The Balaban J connectivity index is 2.63. The zero-order valence-corrected chi connectivity index (χ0v) is 7.88. The molecule has 0 spiro atoms. The second kappa shape index (κ2) is 4.76. The van der Waals surface area contributed by atoms with E-state index in [-0.39, 0.29) is 0 Å². The summed E-state index contributed by atoms with van der Waals surface area (Å²) >= 11 is 0. The number of hydrogen-bond acceptors (Lipinski definition) is 0. The van der Waals surface area contributed by atoms with Crippen LogP contribution in [-0.2, 0) is 6.42 Å². The highest BCUT2D eigenvalue weighted by molar-refractivity contribution is 5.27. The SMILES string of the molecule is CCC=CCc1ccccc1C. The molecule has 1 aromatic rings. The van der Waals surface area contributed by atoms with E-state index in [0.29, 0.717) is 0 Å². The van der Waals surface area contributed by atoms with Gasteiger partial charge in [-0.2, -0.15) is 0 Å². The third-order valence-electron chi connectivity index (χ3n) is 2.00. The van der Waals surface area contributed by atoms with Crippen molar-refractivity contribution in [3.8, 4) is 0 Å². The van der Waals surface area contributed by atoms with E-state index in [1.165, 1.54) is 11.1 Å². The molecule has 0 unspecified atom stereocenters. The van der Waals surface area contributed by atoms with Gasteiger partial charge >= 0.3 is 0 Å². The maximum Gasteiger partial charge on any atom is -0.00948 e. The topological polar surface area (TPSA) is 0 Å². The quantitative estimate of drug-likeness (QED) is 0.594. The van der Waals surface area contributed by atoms with Gasteiger partial charge in [-0.15, -0.1) is 0 Å². The molecule has 0 fully saturated rings. The number of benzene rings is 1. The summed E-state index contributed by atoms with van der Waals surface area (Å²) in [6.07, 6.45) is 6.65. The Morgan fingerprint density at radius 1 is 1.17 bits per heavy atom. The second-order valence-corrected chi connectivity index (χ2v) is 3.01. The van der Waals surface area contributed by atoms with Gasteiger partial charge < -0.3 is 0 Å². The molecule has 1 aromatic carbocycles. The highest BCUT2D eigenvalue weighted by Gasteiger charge is 1.91. The molecule has 0 heterocycles. The van der Waals surface area contributed by atoms with Gasteiger partial charge in [0.25, 0.3) is 0 Å². The van der Waals surface area contributed by atoms with Crippen LogP contribution in [0.1, 0.15) is 24.5 Å². The van der Waals surface area contributed by atoms with E-state index in [0.717, 1.165) is 12.8 Å². The van der Waals surface area contributed by atoms with Crippen molar-refractivity contribution >= 4 is 0 Å². The van der Waals surface area contributed by atoms with Gasteiger partial charge in [-0.3, -0.25) is 0 Å². The van der Waals surface area contributed by atoms with Crippen LogP contribution in [0, 0.1) is 6.92 Å². The molecule has 12 heavy (non-hydrogen) atoms. The minimum absolute atomic E-state index is 1.07. The van der Waals surface area contributed by atoms with E-state index in [4.69, 9.17) is 0 Å². The molecule has 0 aromatic heterocycles. The molecule has 1 rings (SSSR count). The highest BCUT2D eigenvalue weighted by atomic mass is 14.0. The first-order valence-corrected chi connectivity index (χ1v) is 4.54. The summed E-state index contributed by atoms with van der Waals surface area (Å²) < 4.78 is 0. The lowest BCUT2D eigenvalue weighted by molar-refractivity contribution is 1.16. The van der Waals surface area contributed by atoms with E-state index in [2.05, 4.69) is 50.3 Å². The monoisotopic (exact) mass is 160 g/mol. The van der Waals surface area contributed by atoms with Crippen LogP contribution in [0.4, 0.5) is 0 Å². The Kier molecular flexibility index (Phi) is 3.59. The highest BCUT2D eigenvalue weighted by Crippen LogP contribution is 2.07. The maximum absolute atomic E-state index is 2.24. The molecular formula is C12H16. The molecule has 0 aliphatic rings. The Hall–Kier alpha value is -1.04. The van der Waals surface area contributed by atoms with Gasteiger partial charge in [0.2, 0.25) is 0 Å². The Morgan fingerprint density at radius 2 is 1.92 bits per heavy atom. The molecule has 0 saturated carbocycles. The van der Waals surface area contributed by atoms with Crippen molar-refractivity contribution < 1.29 is 0 Å². The number of rotatable bonds is 3. The van der Waals surface area contributed by atoms with Crippen molar-refractivity contribution in [1.82, 2.24) is 0 Å². The van der Waals surface area contributed by atoms with Gasteiger partial charge in [0.15, 0.2) is 0 Å². The summed E-state index contributed by atoms with van der Waals surface area (Å²) in [7, 11) is 0. The molecule has 0 N–H and O–H groups in total. The zero-order chi connectivity index (χ0) is 8.81. The van der Waals surface area contributed by atoms with E-state index in [1.54, 1.807) is 0 Å². The third-order valence-corrected chi connectivity index (χ3v) is 2.00. The van der Waals surface area contributed by atoms with E-state index in [9.17, 15) is 0 Å². The van der Waals surface area contributed by atoms with Crippen LogP contribution in [0.3, 0.4) is 0 Å². The summed E-state index contributed by atoms with van der Waals surface area (Å²) in [5.41, 5.74) is 2.82. The van der Waals surface area contributed by atoms with Crippen LogP contribution >= 0.6 is 0 Å². The molecule has 0 aliphatic carbocycles. The molecule has 0 atom stereocenters. The maximum atomic E-state index is 2.24. The second-order valence-electron chi connectivity index (χ2n) is 3.01. The van der Waals surface area contributed by atoms with E-state index in [1.807, 2.05) is 0 Å². The van der Waals surface area contributed by atoms with Crippen molar-refractivity contribution in [2.24, 2.45) is 0 Å². The normalized spacial score (nSPS) is 10.8. The molecule has 0 aliphatic heterocycles. The van der Waals surface area contributed by atoms with Gasteiger partial charge in [-0.05, 0) is 30.9 Å². The third kappa shape index (κ3) is 2.54. The van der Waals surface area contributed by atoms with Crippen LogP contribution in [-0.4, -0.2) is 0 Å². The smallest absolute Gasteiger partial charge is 0.00948 e. The number of hydrogen-bond donors (Lipinski definition) is 0. The van der Waals surface area contributed by atoms with E-state index < -0.39 is 0 Å². The van der Waals surface area contributed by atoms with Crippen molar-refractivity contribution in [2.75, 3.05) is 0 Å². The van der Waals surface area contributed by atoms with Gasteiger partial charge in [0, 0.05) is 0 Å². The van der Waals surface area contributed by atoms with Crippen LogP contribution < -0.4 is 0 Å². The van der Waals surface area contributed by atoms with Crippen LogP contribution in [0.15, 0.2) is 36.4 Å². The first-order valence-electron chi connectivity index (χ1n) is 4.54. The zero-order valence-electron chi connectivity index (χ0n) is 7.88. The molecule has 0 amide bonds. The largest absolute Gasteiger partial charge is 0.0885 e. The van der Waals surface area contributed by atoms with Crippen molar-refractivity contribution in [3.63, 3.8) is 0 Å². The lowest BCUT2D eigenvalue weighted by Gasteiger charge is -2.00. The lowest BCUT2D eigenvalue weighted by Crippen LogP contribution is -1.84. The predicted octanol–water partition coefficient (Wildman–Crippen LogP) is 3.50. The van der Waals surface area contributed by atoms with Gasteiger partial charge in [-0.1, -0.05) is 43.3 Å². The van der Waals surface area contributed by atoms with E-state index >= 15 is 0 Å². The molecule has 0 nitrogen and oxygen atoms in total. The summed E-state index contributed by atoms with van der Waals surface area (Å²) in [6.45, 7) is 4.32. The fourth-order valence-electron chi connectivity index (χ4n) is 1.22. The Labute approximate surface area is 74.9 Å². The summed E-state index contributed by atoms with van der Waals surface area (Å²) in [6, 6.07) is 8.54. The molecule has 0 bridgehead atoms. The Morgan fingerprint density at radius 3 is 2.58 bits per heavy atom. The first-order chi connectivity index (χ1) is 5.84. The van der Waals surface area contributed by atoms with Crippen LogP contribution in [0.2, 0.25) is 0 Å². The van der Waals surface area contributed by atoms with Crippen molar-refractivity contribution in [1.29, 1.82) is 0 Å². The molecule has 0 saturated heterocycles.